The highest BCUT2D eigenvalue weighted by Crippen LogP contribution is 2.29. The SMILES string of the molecule is NC1CCC(Cc2ccn(C3CCCCC3)n2)C1. The Balaban J connectivity index is 1.59. The largest absolute Gasteiger partial charge is 0.328 e. The van der Waals surface area contributed by atoms with E-state index in [4.69, 9.17) is 10.8 Å². The third-order valence-electron chi connectivity index (χ3n) is 4.69. The molecule has 0 saturated heterocycles. The van der Waals surface area contributed by atoms with Crippen LogP contribution >= 0.6 is 0 Å². The molecule has 1 aromatic rings. The Morgan fingerprint density at radius 2 is 2.00 bits per heavy atom. The van der Waals surface area contributed by atoms with Crippen molar-refractivity contribution in [2.75, 3.05) is 0 Å². The van der Waals surface area contributed by atoms with Gasteiger partial charge in [0.15, 0.2) is 0 Å². The van der Waals surface area contributed by atoms with Gasteiger partial charge in [-0.1, -0.05) is 19.3 Å². The number of aromatic nitrogens is 2. The summed E-state index contributed by atoms with van der Waals surface area (Å²) in [6.45, 7) is 0. The zero-order valence-corrected chi connectivity index (χ0v) is 11.2. The third kappa shape index (κ3) is 2.77. The van der Waals surface area contributed by atoms with Crippen molar-refractivity contribution >= 4 is 0 Å². The van der Waals surface area contributed by atoms with Crippen LogP contribution in [0.15, 0.2) is 12.3 Å². The number of hydrogen-bond donors (Lipinski definition) is 1. The fraction of sp³-hybridized carbons (Fsp3) is 0.800. The fourth-order valence-corrected chi connectivity index (χ4v) is 3.63. The zero-order chi connectivity index (χ0) is 12.4. The molecule has 1 aromatic heterocycles. The smallest absolute Gasteiger partial charge is 0.0627 e. The van der Waals surface area contributed by atoms with Crippen LogP contribution in [0.5, 0.6) is 0 Å². The first kappa shape index (κ1) is 12.2. The molecule has 100 valence electrons. The Hall–Kier alpha value is -0.830. The molecular weight excluding hydrogens is 222 g/mol. The zero-order valence-electron chi connectivity index (χ0n) is 11.2. The van der Waals surface area contributed by atoms with Gasteiger partial charge in [-0.05, 0) is 50.5 Å². The summed E-state index contributed by atoms with van der Waals surface area (Å²) < 4.78 is 2.23. The highest BCUT2D eigenvalue weighted by molar-refractivity contribution is 5.02. The van der Waals surface area contributed by atoms with Crippen LogP contribution in [0.4, 0.5) is 0 Å². The highest BCUT2D eigenvalue weighted by atomic mass is 15.3. The molecule has 2 fully saturated rings. The van der Waals surface area contributed by atoms with Crippen LogP contribution in [0.2, 0.25) is 0 Å². The number of hydrogen-bond acceptors (Lipinski definition) is 2. The van der Waals surface area contributed by atoms with Gasteiger partial charge in [0.2, 0.25) is 0 Å². The van der Waals surface area contributed by atoms with E-state index in [1.165, 1.54) is 57.1 Å². The molecule has 2 saturated carbocycles. The molecule has 0 aromatic carbocycles. The van der Waals surface area contributed by atoms with Crippen molar-refractivity contribution in [1.29, 1.82) is 0 Å². The second kappa shape index (κ2) is 5.43. The normalized spacial score (nSPS) is 29.8. The first-order valence-corrected chi connectivity index (χ1v) is 7.61. The molecule has 2 aliphatic carbocycles. The average molecular weight is 247 g/mol. The summed E-state index contributed by atoms with van der Waals surface area (Å²) in [7, 11) is 0. The molecule has 2 unspecified atom stereocenters. The van der Waals surface area contributed by atoms with Gasteiger partial charge in [0.05, 0.1) is 11.7 Å². The Morgan fingerprint density at radius 1 is 1.17 bits per heavy atom. The molecule has 3 rings (SSSR count). The number of nitrogens with zero attached hydrogens (tertiary/aromatic N) is 2. The maximum atomic E-state index is 5.98. The Labute approximate surface area is 110 Å². The van der Waals surface area contributed by atoms with E-state index in [0.717, 1.165) is 12.3 Å². The minimum atomic E-state index is 0.440. The lowest BCUT2D eigenvalue weighted by Gasteiger charge is -2.21. The summed E-state index contributed by atoms with van der Waals surface area (Å²) in [4.78, 5) is 0. The first-order chi connectivity index (χ1) is 8.81. The van der Waals surface area contributed by atoms with Gasteiger partial charge in [-0.25, -0.2) is 0 Å². The van der Waals surface area contributed by atoms with Gasteiger partial charge in [-0.3, -0.25) is 4.68 Å². The Bertz CT molecular complexity index is 379. The second-order valence-electron chi connectivity index (χ2n) is 6.22. The third-order valence-corrected chi connectivity index (χ3v) is 4.69. The van der Waals surface area contributed by atoms with E-state index in [1.807, 2.05) is 0 Å². The molecule has 0 spiro atoms. The van der Waals surface area contributed by atoms with Crippen LogP contribution in [0.1, 0.15) is 63.1 Å². The maximum Gasteiger partial charge on any atom is 0.0627 e. The van der Waals surface area contributed by atoms with Crippen LogP contribution in [0.3, 0.4) is 0 Å². The summed E-state index contributed by atoms with van der Waals surface area (Å²) in [6, 6.07) is 3.33. The van der Waals surface area contributed by atoms with Crippen LogP contribution in [0.25, 0.3) is 0 Å². The molecule has 2 N–H and O–H groups in total. The van der Waals surface area contributed by atoms with E-state index in [1.54, 1.807) is 0 Å². The van der Waals surface area contributed by atoms with Crippen LogP contribution in [-0.2, 0) is 6.42 Å². The number of nitrogens with two attached hydrogens (primary N) is 1. The van der Waals surface area contributed by atoms with E-state index >= 15 is 0 Å². The molecular formula is C15H25N3. The van der Waals surface area contributed by atoms with Gasteiger partial charge < -0.3 is 5.73 Å². The van der Waals surface area contributed by atoms with Crippen LogP contribution < -0.4 is 5.73 Å². The monoisotopic (exact) mass is 247 g/mol. The Kier molecular flexibility index (Phi) is 3.69. The first-order valence-electron chi connectivity index (χ1n) is 7.61. The predicted molar refractivity (Wildman–Crippen MR) is 73.4 cm³/mol. The molecule has 3 nitrogen and oxygen atoms in total. The molecule has 0 amide bonds. The second-order valence-corrected chi connectivity index (χ2v) is 6.22. The maximum absolute atomic E-state index is 5.98. The van der Waals surface area contributed by atoms with Gasteiger partial charge in [-0.15, -0.1) is 0 Å². The van der Waals surface area contributed by atoms with Gasteiger partial charge in [0, 0.05) is 12.2 Å². The van der Waals surface area contributed by atoms with Crippen molar-refractivity contribution in [3.8, 4) is 0 Å². The molecule has 0 aliphatic heterocycles. The van der Waals surface area contributed by atoms with E-state index in [9.17, 15) is 0 Å². The predicted octanol–water partition coefficient (Wildman–Crippen LogP) is 3.06. The Morgan fingerprint density at radius 3 is 2.72 bits per heavy atom. The van der Waals surface area contributed by atoms with Crippen molar-refractivity contribution < 1.29 is 0 Å². The number of rotatable bonds is 3. The quantitative estimate of drug-likeness (QED) is 0.892. The molecule has 0 radical (unpaired) electrons. The fourth-order valence-electron chi connectivity index (χ4n) is 3.63. The van der Waals surface area contributed by atoms with E-state index in [2.05, 4.69) is 16.9 Å². The highest BCUT2D eigenvalue weighted by Gasteiger charge is 2.23. The summed E-state index contributed by atoms with van der Waals surface area (Å²) >= 11 is 0. The lowest BCUT2D eigenvalue weighted by atomic mass is 9.96. The average Bonchev–Trinajstić information content (AvgIpc) is 3.01. The van der Waals surface area contributed by atoms with Gasteiger partial charge in [-0.2, -0.15) is 5.10 Å². The van der Waals surface area contributed by atoms with Crippen molar-refractivity contribution in [1.82, 2.24) is 9.78 Å². The lowest BCUT2D eigenvalue weighted by molar-refractivity contribution is 0.327. The molecule has 3 heteroatoms. The molecule has 18 heavy (non-hydrogen) atoms. The van der Waals surface area contributed by atoms with Gasteiger partial charge >= 0.3 is 0 Å². The van der Waals surface area contributed by atoms with Gasteiger partial charge in [0.1, 0.15) is 0 Å². The summed E-state index contributed by atoms with van der Waals surface area (Å²) in [5.74, 6) is 0.773. The molecule has 2 aliphatic rings. The minimum Gasteiger partial charge on any atom is -0.328 e. The van der Waals surface area contributed by atoms with Crippen LogP contribution in [0, 0.1) is 5.92 Å². The summed E-state index contributed by atoms with van der Waals surface area (Å²) in [5.41, 5.74) is 7.25. The van der Waals surface area contributed by atoms with Crippen molar-refractivity contribution in [3.05, 3.63) is 18.0 Å². The van der Waals surface area contributed by atoms with E-state index < -0.39 is 0 Å². The van der Waals surface area contributed by atoms with Crippen molar-refractivity contribution in [2.24, 2.45) is 11.7 Å². The van der Waals surface area contributed by atoms with E-state index in [0.29, 0.717) is 12.1 Å². The molecule has 0 bridgehead atoms. The van der Waals surface area contributed by atoms with Crippen molar-refractivity contribution in [2.45, 2.75) is 69.9 Å². The van der Waals surface area contributed by atoms with Gasteiger partial charge in [0.25, 0.3) is 0 Å². The molecule has 2 atom stereocenters. The minimum absolute atomic E-state index is 0.440. The van der Waals surface area contributed by atoms with Crippen molar-refractivity contribution in [3.63, 3.8) is 0 Å². The molecule has 1 heterocycles. The summed E-state index contributed by atoms with van der Waals surface area (Å²) in [5, 5.41) is 4.80. The van der Waals surface area contributed by atoms with Crippen LogP contribution in [-0.4, -0.2) is 15.8 Å². The lowest BCUT2D eigenvalue weighted by Crippen LogP contribution is -2.15. The standard InChI is InChI=1S/C15H25N3/c16-13-7-6-12(10-13)11-14-8-9-18(17-14)15-4-2-1-3-5-15/h8-9,12-13,15H,1-7,10-11,16H2. The van der Waals surface area contributed by atoms with E-state index in [-0.39, 0.29) is 0 Å². The summed E-state index contributed by atoms with van der Waals surface area (Å²) in [6.07, 6.45) is 13.8. The topological polar surface area (TPSA) is 43.8 Å².